The molecule has 1 aliphatic rings. The average Bonchev–Trinajstić information content (AvgIpc) is 2.08. The van der Waals surface area contributed by atoms with E-state index in [-0.39, 0.29) is 12.4 Å². The summed E-state index contributed by atoms with van der Waals surface area (Å²) in [6, 6.07) is 0. The predicted octanol–water partition coefficient (Wildman–Crippen LogP) is 1.77. The third-order valence-electron chi connectivity index (χ3n) is 1.72. The van der Waals surface area contributed by atoms with E-state index in [0.717, 1.165) is 0 Å². The monoisotopic (exact) mass is 189 g/mol. The van der Waals surface area contributed by atoms with Gasteiger partial charge in [-0.25, -0.2) is 13.2 Å². The summed E-state index contributed by atoms with van der Waals surface area (Å²) in [5.41, 5.74) is -0.997. The van der Waals surface area contributed by atoms with E-state index in [9.17, 15) is 13.2 Å². The van der Waals surface area contributed by atoms with Gasteiger partial charge in [0.25, 0.3) is 5.92 Å². The minimum atomic E-state index is -2.72. The van der Waals surface area contributed by atoms with Crippen LogP contribution < -0.4 is 5.32 Å². The lowest BCUT2D eigenvalue weighted by molar-refractivity contribution is 0.0153. The van der Waals surface area contributed by atoms with Crippen LogP contribution in [0.2, 0.25) is 0 Å². The van der Waals surface area contributed by atoms with Gasteiger partial charge in [-0.15, -0.1) is 12.4 Å². The van der Waals surface area contributed by atoms with Gasteiger partial charge >= 0.3 is 0 Å². The molecule has 1 saturated heterocycles. The topological polar surface area (TPSA) is 12.0 Å². The summed E-state index contributed by atoms with van der Waals surface area (Å²) in [5.74, 6) is -2.72. The van der Waals surface area contributed by atoms with E-state index in [1.54, 1.807) is 0 Å². The molecular weight excluding hydrogens is 179 g/mol. The van der Waals surface area contributed by atoms with Crippen molar-refractivity contribution in [2.45, 2.75) is 24.8 Å². The minimum Gasteiger partial charge on any atom is -0.303 e. The molecule has 1 nitrogen and oxygen atoms in total. The fraction of sp³-hybridized carbons (Fsp3) is 1.00. The molecule has 1 N–H and O–H groups in total. The normalized spacial score (nSPS) is 34.9. The zero-order valence-corrected chi connectivity index (χ0v) is 6.98. The Kier molecular flexibility index (Phi) is 3.20. The Morgan fingerprint density at radius 2 is 2.00 bits per heavy atom. The predicted molar refractivity (Wildman–Crippen MR) is 39.2 cm³/mol. The average molecular weight is 190 g/mol. The van der Waals surface area contributed by atoms with Crippen molar-refractivity contribution in [2.75, 3.05) is 13.2 Å². The molecule has 0 aromatic heterocycles. The molecular formula is C6H11ClF3N. The highest BCUT2D eigenvalue weighted by molar-refractivity contribution is 5.85. The van der Waals surface area contributed by atoms with Crippen LogP contribution in [0.5, 0.6) is 0 Å². The van der Waals surface area contributed by atoms with Crippen LogP contribution in [0, 0.1) is 0 Å². The van der Waals surface area contributed by atoms with Gasteiger partial charge in [0, 0.05) is 12.0 Å². The van der Waals surface area contributed by atoms with Crippen molar-refractivity contribution in [1.82, 2.24) is 5.32 Å². The van der Waals surface area contributed by atoms with E-state index in [0.29, 0.717) is 0 Å². The summed E-state index contributed by atoms with van der Waals surface area (Å²) < 4.78 is 36.8. The van der Waals surface area contributed by atoms with Gasteiger partial charge < -0.3 is 5.32 Å². The highest BCUT2D eigenvalue weighted by atomic mass is 35.5. The molecule has 11 heavy (non-hydrogen) atoms. The summed E-state index contributed by atoms with van der Waals surface area (Å²) in [6.45, 7) is 0.337. The molecule has 1 unspecified atom stereocenters. The quantitative estimate of drug-likeness (QED) is 0.663. The fourth-order valence-electron chi connectivity index (χ4n) is 1.13. The highest BCUT2D eigenvalue weighted by Gasteiger charge is 2.46. The molecule has 0 bridgehead atoms. The first-order valence-corrected chi connectivity index (χ1v) is 3.16. The molecule has 0 aromatic rings. The zero-order valence-electron chi connectivity index (χ0n) is 6.16. The van der Waals surface area contributed by atoms with Crippen LogP contribution in [-0.2, 0) is 0 Å². The van der Waals surface area contributed by atoms with E-state index in [1.807, 2.05) is 0 Å². The maximum atomic E-state index is 12.4. The van der Waals surface area contributed by atoms with E-state index in [2.05, 4.69) is 5.32 Å². The Bertz CT molecular complexity index is 142. The van der Waals surface area contributed by atoms with Gasteiger partial charge in [0.1, 0.15) is 6.67 Å². The number of hydrogen-bond donors (Lipinski definition) is 1. The van der Waals surface area contributed by atoms with Gasteiger partial charge in [-0.2, -0.15) is 0 Å². The smallest absolute Gasteiger partial charge is 0.262 e. The number of rotatable bonds is 1. The summed E-state index contributed by atoms with van der Waals surface area (Å²) in [6.07, 6.45) is -0.392. The van der Waals surface area contributed by atoms with E-state index < -0.39 is 31.1 Å². The van der Waals surface area contributed by atoms with Crippen molar-refractivity contribution in [3.05, 3.63) is 0 Å². The van der Waals surface area contributed by atoms with Gasteiger partial charge in [0.2, 0.25) is 0 Å². The Morgan fingerprint density at radius 1 is 1.45 bits per heavy atom. The van der Waals surface area contributed by atoms with Crippen LogP contribution >= 0.6 is 12.4 Å². The first-order valence-electron chi connectivity index (χ1n) is 3.16. The highest BCUT2D eigenvalue weighted by Crippen LogP contribution is 2.31. The summed E-state index contributed by atoms with van der Waals surface area (Å²) in [4.78, 5) is 0. The molecule has 0 spiro atoms. The van der Waals surface area contributed by atoms with Gasteiger partial charge in [-0.3, -0.25) is 0 Å². The molecule has 1 aliphatic heterocycles. The molecule has 0 saturated carbocycles. The van der Waals surface area contributed by atoms with Crippen molar-refractivity contribution in [2.24, 2.45) is 0 Å². The van der Waals surface area contributed by atoms with E-state index in [1.165, 1.54) is 6.92 Å². The lowest BCUT2D eigenvalue weighted by atomic mass is 10.0. The second kappa shape index (κ2) is 3.19. The molecule has 1 rings (SSSR count). The second-order valence-electron chi connectivity index (χ2n) is 3.08. The molecule has 1 atom stereocenters. The molecule has 0 amide bonds. The SMILES string of the molecule is CC1(CF)CC(F)(F)CN1.Cl. The third-order valence-corrected chi connectivity index (χ3v) is 1.72. The Labute approximate surface area is 69.8 Å². The molecule has 1 heterocycles. The standard InChI is InChI=1S/C6H10F3N.ClH/c1-5(3-7)2-6(8,9)4-10-5;/h10H,2-4H2,1H3;1H. The van der Waals surface area contributed by atoms with Gasteiger partial charge in [0.15, 0.2) is 0 Å². The van der Waals surface area contributed by atoms with Gasteiger partial charge in [0.05, 0.1) is 6.54 Å². The van der Waals surface area contributed by atoms with Crippen LogP contribution in [0.25, 0.3) is 0 Å². The van der Waals surface area contributed by atoms with Crippen LogP contribution in [0.15, 0.2) is 0 Å². The molecule has 68 valence electrons. The van der Waals surface area contributed by atoms with Crippen LogP contribution in [0.3, 0.4) is 0 Å². The summed E-state index contributed by atoms with van der Waals surface area (Å²) in [5, 5.41) is 2.45. The lowest BCUT2D eigenvalue weighted by Gasteiger charge is -2.18. The number of halogens is 4. The van der Waals surface area contributed by atoms with Crippen LogP contribution in [0.1, 0.15) is 13.3 Å². The van der Waals surface area contributed by atoms with E-state index in [4.69, 9.17) is 0 Å². The lowest BCUT2D eigenvalue weighted by Crippen LogP contribution is -2.38. The largest absolute Gasteiger partial charge is 0.303 e. The number of alkyl halides is 3. The maximum Gasteiger partial charge on any atom is 0.262 e. The fourth-order valence-corrected chi connectivity index (χ4v) is 1.13. The molecule has 5 heteroatoms. The third kappa shape index (κ3) is 2.52. The number of nitrogens with one attached hydrogen (secondary N) is 1. The van der Waals surface area contributed by atoms with Crippen molar-refractivity contribution in [3.63, 3.8) is 0 Å². The number of hydrogen-bond acceptors (Lipinski definition) is 1. The van der Waals surface area contributed by atoms with Gasteiger partial charge in [-0.05, 0) is 6.92 Å². The molecule has 1 fully saturated rings. The van der Waals surface area contributed by atoms with Crippen molar-refractivity contribution < 1.29 is 13.2 Å². The first kappa shape index (κ1) is 11.0. The molecule has 0 aromatic carbocycles. The Hall–Kier alpha value is 0.0400. The van der Waals surface area contributed by atoms with Crippen LogP contribution in [0.4, 0.5) is 13.2 Å². The van der Waals surface area contributed by atoms with Crippen LogP contribution in [-0.4, -0.2) is 24.7 Å². The van der Waals surface area contributed by atoms with Crippen molar-refractivity contribution in [3.8, 4) is 0 Å². The summed E-state index contributed by atoms with van der Waals surface area (Å²) in [7, 11) is 0. The van der Waals surface area contributed by atoms with E-state index >= 15 is 0 Å². The van der Waals surface area contributed by atoms with Crippen molar-refractivity contribution in [1.29, 1.82) is 0 Å². The minimum absolute atomic E-state index is 0. The maximum absolute atomic E-state index is 12.4. The Morgan fingerprint density at radius 3 is 2.18 bits per heavy atom. The molecule has 0 radical (unpaired) electrons. The van der Waals surface area contributed by atoms with Crippen molar-refractivity contribution >= 4 is 12.4 Å². The first-order chi connectivity index (χ1) is 4.47. The Balaban J connectivity index is 0.000001000. The zero-order chi connectivity index (χ0) is 7.83. The van der Waals surface area contributed by atoms with Gasteiger partial charge in [-0.1, -0.05) is 0 Å². The second-order valence-corrected chi connectivity index (χ2v) is 3.08. The summed E-state index contributed by atoms with van der Waals surface area (Å²) >= 11 is 0. The molecule has 0 aliphatic carbocycles.